The number of anilines is 2. The zero-order valence-electron chi connectivity index (χ0n) is 18.8. The van der Waals surface area contributed by atoms with Gasteiger partial charge in [-0.3, -0.25) is 0 Å². The molecule has 4 aliphatic rings. The number of rotatable bonds is 5. The Morgan fingerprint density at radius 3 is 1.68 bits per heavy atom. The van der Waals surface area contributed by atoms with Crippen LogP contribution in [0.25, 0.3) is 0 Å². The molecule has 0 radical (unpaired) electrons. The fourth-order valence-corrected chi connectivity index (χ4v) is 7.30. The monoisotopic (exact) mass is 582 g/mol. The largest absolute Gasteiger partial charge is 0.457 e. The van der Waals surface area contributed by atoms with E-state index in [0.717, 1.165) is 49.9 Å². The molecule has 4 fully saturated rings. The molecule has 4 nitrogen and oxygen atoms in total. The summed E-state index contributed by atoms with van der Waals surface area (Å²) in [5, 5.41) is 0. The summed E-state index contributed by atoms with van der Waals surface area (Å²) >= 11 is 6.92. The van der Waals surface area contributed by atoms with Crippen molar-refractivity contribution in [3.63, 3.8) is 0 Å². The van der Waals surface area contributed by atoms with E-state index in [1.807, 2.05) is 42.5 Å². The lowest BCUT2D eigenvalue weighted by Gasteiger charge is -2.54. The zero-order valence-corrected chi connectivity index (χ0v) is 22.0. The topological polar surface area (TPSA) is 70.5 Å². The summed E-state index contributed by atoms with van der Waals surface area (Å²) in [7, 11) is 0. The van der Waals surface area contributed by atoms with Crippen LogP contribution in [0.1, 0.15) is 43.6 Å². The number of nitrogen functional groups attached to an aromatic ring is 2. The van der Waals surface area contributed by atoms with E-state index in [-0.39, 0.29) is 0 Å². The molecule has 176 valence electrons. The third-order valence-electron chi connectivity index (χ3n) is 7.97. The first-order valence-corrected chi connectivity index (χ1v) is 13.6. The Hall–Kier alpha value is -2.18. The van der Waals surface area contributed by atoms with Crippen molar-refractivity contribution in [3.05, 3.63) is 69.1 Å². The second-order valence-corrected chi connectivity index (χ2v) is 11.9. The van der Waals surface area contributed by atoms with Crippen LogP contribution < -0.4 is 20.9 Å². The van der Waals surface area contributed by atoms with Crippen LogP contribution in [0.3, 0.4) is 0 Å². The lowest BCUT2D eigenvalue weighted by atomic mass is 9.50. The normalized spacial score (nSPS) is 27.1. The van der Waals surface area contributed by atoms with Crippen LogP contribution in [-0.4, -0.2) is 0 Å². The molecule has 0 heterocycles. The summed E-state index contributed by atoms with van der Waals surface area (Å²) in [5.41, 5.74) is 14.8. The van der Waals surface area contributed by atoms with Crippen LogP contribution in [0.4, 0.5) is 11.4 Å². The Morgan fingerprint density at radius 2 is 1.12 bits per heavy atom. The van der Waals surface area contributed by atoms with Gasteiger partial charge in [-0.2, -0.15) is 0 Å². The van der Waals surface area contributed by atoms with Gasteiger partial charge in [0.25, 0.3) is 0 Å². The smallest absolute Gasteiger partial charge is 0.134 e. The minimum Gasteiger partial charge on any atom is -0.457 e. The molecule has 4 aliphatic carbocycles. The molecule has 4 saturated carbocycles. The minimum absolute atomic E-state index is 0.549. The number of hydrogen-bond donors (Lipinski definition) is 2. The van der Waals surface area contributed by atoms with Crippen molar-refractivity contribution >= 4 is 43.2 Å². The molecule has 0 amide bonds. The van der Waals surface area contributed by atoms with E-state index in [2.05, 4.69) is 44.0 Å². The highest BCUT2D eigenvalue weighted by Crippen LogP contribution is 2.61. The number of nitrogens with two attached hydrogens (primary N) is 2. The van der Waals surface area contributed by atoms with Crippen LogP contribution >= 0.6 is 31.9 Å². The molecule has 0 spiro atoms. The molecule has 4 bridgehead atoms. The van der Waals surface area contributed by atoms with Crippen molar-refractivity contribution in [2.75, 3.05) is 11.5 Å². The second-order valence-electron chi connectivity index (χ2n) is 10.2. The van der Waals surface area contributed by atoms with Crippen molar-refractivity contribution in [3.8, 4) is 23.0 Å². The third-order valence-corrected chi connectivity index (χ3v) is 9.41. The Morgan fingerprint density at radius 1 is 0.618 bits per heavy atom. The van der Waals surface area contributed by atoms with Crippen molar-refractivity contribution in [1.82, 2.24) is 0 Å². The standard InChI is InChI=1S/C28H28Br2N2O2/c29-23-5-2-19(12-25(23)31)33-21-1-4-22(27(14-21)34-20-3-6-24(30)26(32)13-20)28-17-8-15-7-16(10-17)11-18(28)9-15/h1-6,12-18,28H,7-11,31-32H2. The molecule has 0 unspecified atom stereocenters. The predicted octanol–water partition coefficient (Wildman–Crippen LogP) is 8.50. The van der Waals surface area contributed by atoms with E-state index in [0.29, 0.717) is 23.0 Å². The van der Waals surface area contributed by atoms with Gasteiger partial charge >= 0.3 is 0 Å². The van der Waals surface area contributed by atoms with Crippen molar-refractivity contribution in [2.24, 2.45) is 23.7 Å². The molecule has 0 saturated heterocycles. The molecule has 6 heteroatoms. The van der Waals surface area contributed by atoms with Gasteiger partial charge in [0, 0.05) is 38.5 Å². The Balaban J connectivity index is 1.36. The van der Waals surface area contributed by atoms with Gasteiger partial charge in [0.15, 0.2) is 0 Å². The molecule has 0 aliphatic heterocycles. The Labute approximate surface area is 217 Å². The Bertz CT molecular complexity index is 1220. The maximum atomic E-state index is 6.51. The van der Waals surface area contributed by atoms with E-state index in [1.165, 1.54) is 37.7 Å². The average molecular weight is 584 g/mol. The van der Waals surface area contributed by atoms with E-state index in [1.54, 1.807) is 0 Å². The average Bonchev–Trinajstić information content (AvgIpc) is 2.79. The van der Waals surface area contributed by atoms with E-state index in [9.17, 15) is 0 Å². The number of halogens is 2. The summed E-state index contributed by atoms with van der Waals surface area (Å²) in [4.78, 5) is 0. The molecule has 3 aromatic carbocycles. The van der Waals surface area contributed by atoms with Crippen molar-refractivity contribution in [2.45, 2.75) is 38.0 Å². The van der Waals surface area contributed by atoms with E-state index >= 15 is 0 Å². The van der Waals surface area contributed by atoms with Crippen LogP contribution in [-0.2, 0) is 0 Å². The van der Waals surface area contributed by atoms with Crippen molar-refractivity contribution in [1.29, 1.82) is 0 Å². The van der Waals surface area contributed by atoms with E-state index < -0.39 is 0 Å². The van der Waals surface area contributed by atoms with Crippen LogP contribution in [0.2, 0.25) is 0 Å². The van der Waals surface area contributed by atoms with E-state index in [4.69, 9.17) is 20.9 Å². The molecule has 34 heavy (non-hydrogen) atoms. The van der Waals surface area contributed by atoms with Gasteiger partial charge in [-0.15, -0.1) is 0 Å². The highest BCUT2D eigenvalue weighted by atomic mass is 79.9. The lowest BCUT2D eigenvalue weighted by molar-refractivity contribution is -0.00337. The third kappa shape index (κ3) is 4.20. The fourth-order valence-electron chi connectivity index (χ4n) is 6.81. The SMILES string of the molecule is Nc1cc(Oc2ccc(C3C4CC5CC(C4)CC3C5)c(Oc3ccc(Br)c(N)c3)c2)ccc1Br. The molecular weight excluding hydrogens is 556 g/mol. The molecular formula is C28H28Br2N2O2. The number of ether oxygens (including phenoxy) is 2. The van der Waals surface area contributed by atoms with Crippen LogP contribution in [0.5, 0.6) is 23.0 Å². The summed E-state index contributed by atoms with van der Waals surface area (Å²) in [6.45, 7) is 0. The van der Waals surface area contributed by atoms with Crippen LogP contribution in [0, 0.1) is 23.7 Å². The summed E-state index contributed by atoms with van der Waals surface area (Å²) in [6, 6.07) is 17.7. The zero-order chi connectivity index (χ0) is 23.4. The number of hydrogen-bond acceptors (Lipinski definition) is 4. The quantitative estimate of drug-likeness (QED) is 0.295. The van der Waals surface area contributed by atoms with Crippen molar-refractivity contribution < 1.29 is 9.47 Å². The van der Waals surface area contributed by atoms with Gasteiger partial charge in [-0.05, 0) is 129 Å². The maximum Gasteiger partial charge on any atom is 0.134 e. The van der Waals surface area contributed by atoms with Gasteiger partial charge in [0.1, 0.15) is 23.0 Å². The first-order chi connectivity index (χ1) is 16.4. The molecule has 4 N–H and O–H groups in total. The highest BCUT2D eigenvalue weighted by Gasteiger charge is 2.49. The minimum atomic E-state index is 0.549. The Kier molecular flexibility index (Phi) is 5.77. The molecule has 7 rings (SSSR count). The maximum absolute atomic E-state index is 6.51. The highest BCUT2D eigenvalue weighted by molar-refractivity contribution is 9.11. The van der Waals surface area contributed by atoms with Gasteiger partial charge in [0.2, 0.25) is 0 Å². The van der Waals surface area contributed by atoms with Gasteiger partial charge in [0.05, 0.1) is 0 Å². The van der Waals surface area contributed by atoms with Gasteiger partial charge in [-0.1, -0.05) is 6.07 Å². The summed E-state index contributed by atoms with van der Waals surface area (Å²) in [5.74, 6) is 6.94. The fraction of sp³-hybridized carbons (Fsp3) is 0.357. The van der Waals surface area contributed by atoms with Gasteiger partial charge < -0.3 is 20.9 Å². The lowest BCUT2D eigenvalue weighted by Crippen LogP contribution is -2.43. The number of benzene rings is 3. The molecule has 0 aromatic heterocycles. The predicted molar refractivity (Wildman–Crippen MR) is 143 cm³/mol. The summed E-state index contributed by atoms with van der Waals surface area (Å²) < 4.78 is 14.4. The molecule has 0 atom stereocenters. The van der Waals surface area contributed by atoms with Gasteiger partial charge in [-0.25, -0.2) is 0 Å². The molecule has 3 aromatic rings. The first kappa shape index (κ1) is 22.3. The summed E-state index contributed by atoms with van der Waals surface area (Å²) in [6.07, 6.45) is 6.89. The van der Waals surface area contributed by atoms with Crippen LogP contribution in [0.15, 0.2) is 63.5 Å². The second kappa shape index (κ2) is 8.80. The first-order valence-electron chi connectivity index (χ1n) is 12.0.